The van der Waals surface area contributed by atoms with Crippen LogP contribution in [0.1, 0.15) is 11.4 Å². The number of nitrogens with zero attached hydrogens (tertiary/aromatic N) is 1. The molecule has 2 rings (SSSR count). The first-order chi connectivity index (χ1) is 6.70. The molecule has 0 spiro atoms. The van der Waals surface area contributed by atoms with Crippen LogP contribution in [0.4, 0.5) is 0 Å². The minimum absolute atomic E-state index is 0.936. The molecule has 2 aromatic rings. The fourth-order valence-electron chi connectivity index (χ4n) is 1.40. The third kappa shape index (κ3) is 1.81. The van der Waals surface area contributed by atoms with E-state index in [9.17, 15) is 0 Å². The summed E-state index contributed by atoms with van der Waals surface area (Å²) in [5.41, 5.74) is 3.39. The molecule has 0 amide bonds. The molecule has 0 fully saturated rings. The van der Waals surface area contributed by atoms with Crippen molar-refractivity contribution in [3.63, 3.8) is 0 Å². The highest BCUT2D eigenvalue weighted by molar-refractivity contribution is 9.10. The third-order valence-electron chi connectivity index (χ3n) is 2.09. The largest absolute Gasteiger partial charge is 0.341 e. The van der Waals surface area contributed by atoms with E-state index >= 15 is 0 Å². The van der Waals surface area contributed by atoms with Crippen LogP contribution in [0.25, 0.3) is 11.0 Å². The number of hydrogen-bond donors (Lipinski definition) is 1. The first kappa shape index (κ1) is 10.1. The van der Waals surface area contributed by atoms with E-state index in [1.54, 1.807) is 11.8 Å². The van der Waals surface area contributed by atoms with Gasteiger partial charge in [0.25, 0.3) is 0 Å². The number of aromatic nitrogens is 2. The second-order valence-electron chi connectivity index (χ2n) is 3.24. The molecule has 0 saturated carbocycles. The van der Waals surface area contributed by atoms with Gasteiger partial charge in [0.15, 0.2) is 0 Å². The summed E-state index contributed by atoms with van der Waals surface area (Å²) in [6.45, 7) is 2.08. The van der Waals surface area contributed by atoms with Crippen molar-refractivity contribution in [1.82, 2.24) is 9.97 Å². The van der Waals surface area contributed by atoms with Crippen molar-refractivity contribution in [2.45, 2.75) is 12.7 Å². The lowest BCUT2D eigenvalue weighted by atomic mass is 10.2. The molecule has 0 atom stereocenters. The SMILES string of the molecule is CSCc1nc2cc(Br)c(C)cc2[nH]1. The van der Waals surface area contributed by atoms with Gasteiger partial charge in [-0.05, 0) is 30.9 Å². The number of fused-ring (bicyclic) bond motifs is 1. The molecule has 0 radical (unpaired) electrons. The summed E-state index contributed by atoms with van der Waals surface area (Å²) < 4.78 is 1.12. The number of rotatable bonds is 2. The Labute approximate surface area is 95.6 Å². The maximum atomic E-state index is 4.50. The Hall–Kier alpha value is -0.480. The molecule has 0 aliphatic heterocycles. The quantitative estimate of drug-likeness (QED) is 0.905. The Morgan fingerprint density at radius 3 is 3.00 bits per heavy atom. The third-order valence-corrected chi connectivity index (χ3v) is 3.51. The molecule has 1 aromatic heterocycles. The van der Waals surface area contributed by atoms with Gasteiger partial charge in [-0.15, -0.1) is 0 Å². The summed E-state index contributed by atoms with van der Waals surface area (Å²) >= 11 is 5.28. The van der Waals surface area contributed by atoms with E-state index in [0.29, 0.717) is 0 Å². The van der Waals surface area contributed by atoms with Gasteiger partial charge in [-0.3, -0.25) is 0 Å². The molecule has 0 saturated heterocycles. The predicted molar refractivity (Wildman–Crippen MR) is 65.7 cm³/mol. The number of halogens is 1. The molecule has 0 aliphatic rings. The zero-order valence-corrected chi connectivity index (χ0v) is 10.5. The zero-order chi connectivity index (χ0) is 10.1. The van der Waals surface area contributed by atoms with Crippen molar-refractivity contribution in [3.8, 4) is 0 Å². The van der Waals surface area contributed by atoms with Crippen molar-refractivity contribution >= 4 is 38.7 Å². The van der Waals surface area contributed by atoms with Gasteiger partial charge in [0.1, 0.15) is 5.82 Å². The van der Waals surface area contributed by atoms with Crippen molar-refractivity contribution in [2.75, 3.05) is 6.26 Å². The summed E-state index contributed by atoms with van der Waals surface area (Å²) in [6.07, 6.45) is 2.08. The predicted octanol–water partition coefficient (Wildman–Crippen LogP) is 3.50. The molecular weight excluding hydrogens is 260 g/mol. The molecule has 0 unspecified atom stereocenters. The van der Waals surface area contributed by atoms with E-state index in [1.165, 1.54) is 5.56 Å². The number of nitrogens with one attached hydrogen (secondary N) is 1. The monoisotopic (exact) mass is 270 g/mol. The van der Waals surface area contributed by atoms with Gasteiger partial charge in [-0.2, -0.15) is 11.8 Å². The number of aryl methyl sites for hydroxylation is 1. The van der Waals surface area contributed by atoms with E-state index < -0.39 is 0 Å². The van der Waals surface area contributed by atoms with Gasteiger partial charge in [0.05, 0.1) is 16.8 Å². The summed E-state index contributed by atoms with van der Waals surface area (Å²) in [5.74, 6) is 1.98. The van der Waals surface area contributed by atoms with Crippen molar-refractivity contribution in [2.24, 2.45) is 0 Å². The Kier molecular flexibility index (Phi) is 2.83. The summed E-state index contributed by atoms with van der Waals surface area (Å²) in [4.78, 5) is 7.81. The number of hydrogen-bond acceptors (Lipinski definition) is 2. The average molecular weight is 271 g/mol. The summed E-state index contributed by atoms with van der Waals surface area (Å²) in [7, 11) is 0. The van der Waals surface area contributed by atoms with Crippen LogP contribution >= 0.6 is 27.7 Å². The van der Waals surface area contributed by atoms with Gasteiger partial charge in [-0.25, -0.2) is 4.98 Å². The van der Waals surface area contributed by atoms with E-state index in [2.05, 4.69) is 51.2 Å². The van der Waals surface area contributed by atoms with Crippen molar-refractivity contribution in [3.05, 3.63) is 28.0 Å². The van der Waals surface area contributed by atoms with Gasteiger partial charge in [0.2, 0.25) is 0 Å². The second kappa shape index (κ2) is 3.95. The number of aromatic amines is 1. The Bertz CT molecular complexity index is 425. The van der Waals surface area contributed by atoms with Crippen LogP contribution in [0, 0.1) is 6.92 Å². The Balaban J connectivity index is 2.54. The molecule has 2 nitrogen and oxygen atoms in total. The van der Waals surface area contributed by atoms with Crippen molar-refractivity contribution < 1.29 is 0 Å². The van der Waals surface area contributed by atoms with Crippen LogP contribution in [0.3, 0.4) is 0 Å². The molecule has 14 heavy (non-hydrogen) atoms. The molecular formula is C10H11BrN2S. The fourth-order valence-corrected chi connectivity index (χ4v) is 2.14. The standard InChI is InChI=1S/C10H11BrN2S/c1-6-3-8-9(4-7(6)11)13-10(12-8)5-14-2/h3-4H,5H2,1-2H3,(H,12,13). The Morgan fingerprint density at radius 1 is 1.50 bits per heavy atom. The van der Waals surface area contributed by atoms with E-state index in [1.807, 2.05) is 0 Å². The average Bonchev–Trinajstić information content (AvgIpc) is 2.48. The lowest BCUT2D eigenvalue weighted by molar-refractivity contribution is 1.14. The van der Waals surface area contributed by atoms with Crippen LogP contribution < -0.4 is 0 Å². The highest BCUT2D eigenvalue weighted by Gasteiger charge is 2.04. The van der Waals surface area contributed by atoms with Crippen molar-refractivity contribution in [1.29, 1.82) is 0 Å². The van der Waals surface area contributed by atoms with Crippen LogP contribution in [-0.4, -0.2) is 16.2 Å². The minimum atomic E-state index is 0.936. The van der Waals surface area contributed by atoms with Crippen LogP contribution in [-0.2, 0) is 5.75 Å². The highest BCUT2D eigenvalue weighted by Crippen LogP contribution is 2.23. The van der Waals surface area contributed by atoms with Crippen LogP contribution in [0.2, 0.25) is 0 Å². The molecule has 1 N–H and O–H groups in total. The lowest BCUT2D eigenvalue weighted by Crippen LogP contribution is -1.80. The van der Waals surface area contributed by atoms with E-state index in [-0.39, 0.29) is 0 Å². The summed E-state index contributed by atoms with van der Waals surface area (Å²) in [5, 5.41) is 0. The van der Waals surface area contributed by atoms with Gasteiger partial charge in [0, 0.05) is 4.47 Å². The normalized spacial score (nSPS) is 11.1. The smallest absolute Gasteiger partial charge is 0.117 e. The van der Waals surface area contributed by atoms with E-state index in [0.717, 1.165) is 27.1 Å². The first-order valence-corrected chi connectivity index (χ1v) is 6.53. The molecule has 0 aliphatic carbocycles. The minimum Gasteiger partial charge on any atom is -0.341 e. The first-order valence-electron chi connectivity index (χ1n) is 4.34. The molecule has 0 bridgehead atoms. The number of imidazole rings is 1. The van der Waals surface area contributed by atoms with Gasteiger partial charge >= 0.3 is 0 Å². The Morgan fingerprint density at radius 2 is 2.29 bits per heavy atom. The second-order valence-corrected chi connectivity index (χ2v) is 4.96. The molecule has 1 heterocycles. The van der Waals surface area contributed by atoms with Crippen LogP contribution in [0.15, 0.2) is 16.6 Å². The van der Waals surface area contributed by atoms with Gasteiger partial charge in [-0.1, -0.05) is 15.9 Å². The van der Waals surface area contributed by atoms with Gasteiger partial charge < -0.3 is 4.98 Å². The van der Waals surface area contributed by atoms with E-state index in [4.69, 9.17) is 0 Å². The fraction of sp³-hybridized carbons (Fsp3) is 0.300. The summed E-state index contributed by atoms with van der Waals surface area (Å²) in [6, 6.07) is 4.18. The maximum absolute atomic E-state index is 4.50. The molecule has 1 aromatic carbocycles. The maximum Gasteiger partial charge on any atom is 0.117 e. The number of thioether (sulfide) groups is 1. The number of H-pyrrole nitrogens is 1. The lowest BCUT2D eigenvalue weighted by Gasteiger charge is -1.95. The molecule has 74 valence electrons. The van der Waals surface area contributed by atoms with Crippen LogP contribution in [0.5, 0.6) is 0 Å². The highest BCUT2D eigenvalue weighted by atomic mass is 79.9. The number of benzene rings is 1. The zero-order valence-electron chi connectivity index (χ0n) is 8.10. The molecule has 4 heteroatoms. The topological polar surface area (TPSA) is 28.7 Å².